The van der Waals surface area contributed by atoms with Crippen LogP contribution < -0.4 is 0 Å². The summed E-state index contributed by atoms with van der Waals surface area (Å²) in [4.78, 5) is 0. The van der Waals surface area contributed by atoms with Crippen molar-refractivity contribution in [1.82, 2.24) is 0 Å². The fraction of sp³-hybridized carbons (Fsp3) is 0. The second kappa shape index (κ2) is 9.32. The molecule has 0 nitrogen and oxygen atoms in total. The summed E-state index contributed by atoms with van der Waals surface area (Å²) in [5.74, 6) is 0. The number of fused-ring (bicyclic) bond motifs is 3. The van der Waals surface area contributed by atoms with Crippen molar-refractivity contribution in [2.24, 2.45) is 0 Å². The molecule has 28 heavy (non-hydrogen) atoms. The lowest BCUT2D eigenvalue weighted by atomic mass is 10.1. The normalized spacial score (nSPS) is 10.1. The predicted octanol–water partition coefficient (Wildman–Crippen LogP) is 8.64. The molecule has 0 unspecified atom stereocenters. The first-order chi connectivity index (χ1) is 13.9. The first kappa shape index (κ1) is 18.4. The van der Waals surface area contributed by atoms with Crippen molar-refractivity contribution in [2.75, 3.05) is 0 Å². The van der Waals surface area contributed by atoms with Gasteiger partial charge in [-0.3, -0.25) is 0 Å². The van der Waals surface area contributed by atoms with Gasteiger partial charge < -0.3 is 0 Å². The Morgan fingerprint density at radius 2 is 0.643 bits per heavy atom. The summed E-state index contributed by atoms with van der Waals surface area (Å²) in [7, 11) is 0. The van der Waals surface area contributed by atoms with E-state index in [2.05, 4.69) is 120 Å². The monoisotopic (exact) mass is 396 g/mol. The van der Waals surface area contributed by atoms with Crippen molar-refractivity contribution < 1.29 is 0 Å². The van der Waals surface area contributed by atoms with Crippen molar-refractivity contribution in [2.45, 2.75) is 0 Å². The second-order valence-corrected chi connectivity index (χ2v) is 8.16. The summed E-state index contributed by atoms with van der Waals surface area (Å²) in [5.41, 5.74) is 0. The number of rotatable bonds is 0. The third-order valence-electron chi connectivity index (χ3n) is 4.38. The van der Waals surface area contributed by atoms with Crippen LogP contribution in [0.1, 0.15) is 0 Å². The van der Waals surface area contributed by atoms with Gasteiger partial charge in [-0.2, -0.15) is 0 Å². The minimum absolute atomic E-state index is 1.31. The Labute approximate surface area is 173 Å². The van der Waals surface area contributed by atoms with Gasteiger partial charge in [-0.1, -0.05) is 84.9 Å². The Morgan fingerprint density at radius 3 is 1.00 bits per heavy atom. The molecular formula is C26H20S2. The molecule has 6 aromatic rings. The molecule has 0 aliphatic carbocycles. The molecule has 4 aromatic carbocycles. The summed E-state index contributed by atoms with van der Waals surface area (Å²) in [5, 5.41) is 9.55. The van der Waals surface area contributed by atoms with Crippen molar-refractivity contribution in [3.05, 3.63) is 120 Å². The fourth-order valence-corrected chi connectivity index (χ4v) is 4.53. The van der Waals surface area contributed by atoms with Crippen molar-refractivity contribution in [3.8, 4) is 0 Å². The van der Waals surface area contributed by atoms with Crippen molar-refractivity contribution in [3.63, 3.8) is 0 Å². The molecule has 136 valence electrons. The Hall–Kier alpha value is -2.94. The molecule has 0 N–H and O–H groups in total. The maximum atomic E-state index is 2.14. The van der Waals surface area contributed by atoms with Crippen LogP contribution >= 0.6 is 22.7 Å². The Morgan fingerprint density at radius 1 is 0.321 bits per heavy atom. The van der Waals surface area contributed by atoms with Gasteiger partial charge in [-0.25, -0.2) is 0 Å². The molecule has 0 spiro atoms. The minimum Gasteiger partial charge on any atom is -0.144 e. The van der Waals surface area contributed by atoms with E-state index >= 15 is 0 Å². The molecule has 0 saturated carbocycles. The molecule has 0 bridgehead atoms. The van der Waals surface area contributed by atoms with Gasteiger partial charge >= 0.3 is 0 Å². The lowest BCUT2D eigenvalue weighted by Crippen LogP contribution is -1.67. The molecule has 0 atom stereocenters. The number of hydrogen-bond donors (Lipinski definition) is 0. The zero-order valence-corrected chi connectivity index (χ0v) is 17.0. The smallest absolute Gasteiger partial charge is 0.0342 e. The SMILES string of the molecule is c1ccc2ccccc2c1.c1ccc2sccc2c1.c1ccc2sccc2c1. The molecule has 0 amide bonds. The quantitative estimate of drug-likeness (QED) is 0.241. The van der Waals surface area contributed by atoms with Crippen molar-refractivity contribution >= 4 is 53.6 Å². The Balaban J connectivity index is 0.000000103. The van der Waals surface area contributed by atoms with E-state index in [-0.39, 0.29) is 0 Å². The van der Waals surface area contributed by atoms with Crippen molar-refractivity contribution in [1.29, 1.82) is 0 Å². The van der Waals surface area contributed by atoms with E-state index < -0.39 is 0 Å². The summed E-state index contributed by atoms with van der Waals surface area (Å²) in [6, 6.07) is 37.8. The molecule has 2 heterocycles. The molecule has 0 saturated heterocycles. The molecule has 0 fully saturated rings. The molecule has 2 aromatic heterocycles. The van der Waals surface area contributed by atoms with E-state index in [0.717, 1.165) is 0 Å². The maximum absolute atomic E-state index is 2.14. The van der Waals surface area contributed by atoms with Gasteiger partial charge in [0.05, 0.1) is 0 Å². The third kappa shape index (κ3) is 4.66. The highest BCUT2D eigenvalue weighted by Crippen LogP contribution is 2.19. The van der Waals surface area contributed by atoms with Gasteiger partial charge in [0.2, 0.25) is 0 Å². The Kier molecular flexibility index (Phi) is 6.13. The lowest BCUT2D eigenvalue weighted by Gasteiger charge is -1.92. The molecule has 2 heteroatoms. The number of hydrogen-bond acceptors (Lipinski definition) is 2. The van der Waals surface area contributed by atoms with E-state index in [1.807, 2.05) is 0 Å². The topological polar surface area (TPSA) is 0 Å². The van der Waals surface area contributed by atoms with Crippen LogP contribution in [0.3, 0.4) is 0 Å². The van der Waals surface area contributed by atoms with Crippen LogP contribution in [0, 0.1) is 0 Å². The summed E-state index contributed by atoms with van der Waals surface area (Å²) in [6.07, 6.45) is 0. The number of thiophene rings is 2. The van der Waals surface area contributed by atoms with Gasteiger partial charge in [0.15, 0.2) is 0 Å². The van der Waals surface area contributed by atoms with E-state index in [4.69, 9.17) is 0 Å². The van der Waals surface area contributed by atoms with Crippen LogP contribution in [0.25, 0.3) is 30.9 Å². The molecule has 6 rings (SSSR count). The molecule has 0 aliphatic rings. The summed E-state index contributed by atoms with van der Waals surface area (Å²) in [6.45, 7) is 0. The molecule has 0 aliphatic heterocycles. The van der Waals surface area contributed by atoms with Crippen LogP contribution in [0.2, 0.25) is 0 Å². The van der Waals surface area contributed by atoms with Gasteiger partial charge in [-0.05, 0) is 56.6 Å². The number of benzene rings is 4. The highest BCUT2D eigenvalue weighted by molar-refractivity contribution is 7.17. The first-order valence-corrected chi connectivity index (χ1v) is 10.9. The van der Waals surface area contributed by atoms with Gasteiger partial charge in [-0.15, -0.1) is 22.7 Å². The average molecular weight is 397 g/mol. The minimum atomic E-state index is 1.31. The van der Waals surface area contributed by atoms with Crippen LogP contribution in [-0.2, 0) is 0 Å². The highest BCUT2D eigenvalue weighted by Gasteiger charge is 1.89. The Bertz CT molecular complexity index is 1090. The molecular weight excluding hydrogens is 376 g/mol. The largest absolute Gasteiger partial charge is 0.144 e. The zero-order chi connectivity index (χ0) is 19.0. The molecule has 0 radical (unpaired) electrons. The van der Waals surface area contributed by atoms with Crippen LogP contribution in [0.5, 0.6) is 0 Å². The zero-order valence-electron chi connectivity index (χ0n) is 15.4. The first-order valence-electron chi connectivity index (χ1n) is 9.18. The summed E-state index contributed by atoms with van der Waals surface area (Å²) >= 11 is 3.57. The predicted molar refractivity (Wildman–Crippen MR) is 128 cm³/mol. The van der Waals surface area contributed by atoms with E-state index in [0.29, 0.717) is 0 Å². The standard InChI is InChI=1S/C10H8.2C8H6S/c1-2-6-10-8-4-3-7-9(10)5-1;2*1-2-4-8-7(3-1)5-6-9-8/h1-8H;2*1-6H. The third-order valence-corrected chi connectivity index (χ3v) is 6.18. The maximum Gasteiger partial charge on any atom is 0.0342 e. The fourth-order valence-electron chi connectivity index (χ4n) is 2.95. The van der Waals surface area contributed by atoms with Gasteiger partial charge in [0.1, 0.15) is 0 Å². The van der Waals surface area contributed by atoms with Gasteiger partial charge in [0.25, 0.3) is 0 Å². The lowest BCUT2D eigenvalue weighted by molar-refractivity contribution is 1.75. The van der Waals surface area contributed by atoms with Crippen LogP contribution in [0.4, 0.5) is 0 Å². The summed E-state index contributed by atoms with van der Waals surface area (Å²) < 4.78 is 2.75. The van der Waals surface area contributed by atoms with E-state index in [1.165, 1.54) is 30.9 Å². The van der Waals surface area contributed by atoms with Crippen LogP contribution in [-0.4, -0.2) is 0 Å². The van der Waals surface area contributed by atoms with Gasteiger partial charge in [0, 0.05) is 9.40 Å². The van der Waals surface area contributed by atoms with E-state index in [1.54, 1.807) is 22.7 Å². The van der Waals surface area contributed by atoms with Crippen LogP contribution in [0.15, 0.2) is 120 Å². The second-order valence-electron chi connectivity index (χ2n) is 6.26. The van der Waals surface area contributed by atoms with E-state index in [9.17, 15) is 0 Å². The highest BCUT2D eigenvalue weighted by atomic mass is 32.1. The average Bonchev–Trinajstić information content (AvgIpc) is 3.44.